The van der Waals surface area contributed by atoms with Crippen molar-refractivity contribution < 1.29 is 0 Å². The molecule has 0 saturated carbocycles. The number of fused-ring (bicyclic) bond motifs is 4. The van der Waals surface area contributed by atoms with Crippen molar-refractivity contribution in [3.05, 3.63) is 118 Å². The third-order valence-electron chi connectivity index (χ3n) is 6.54. The maximum atomic E-state index is 6.30. The lowest BCUT2D eigenvalue weighted by Crippen LogP contribution is -2.46. The van der Waals surface area contributed by atoms with Gasteiger partial charge in [-0.15, -0.1) is 11.3 Å². The molecule has 0 radical (unpaired) electrons. The highest BCUT2D eigenvalue weighted by Gasteiger charge is 2.41. The topological polar surface area (TPSA) is 57.8 Å². The first-order valence-corrected chi connectivity index (χ1v) is 13.2. The number of hydrogen-bond donors (Lipinski definition) is 1. The number of para-hydroxylation sites is 3. The smallest absolute Gasteiger partial charge is 0.179 e. The fraction of sp³-hybridized carbons (Fsp3) is 0.0690. The molecule has 4 heterocycles. The van der Waals surface area contributed by atoms with Crippen LogP contribution in [0.3, 0.4) is 0 Å². The number of aryl methyl sites for hydroxylation is 1. The molecule has 0 aliphatic carbocycles. The Morgan fingerprint density at radius 1 is 0.892 bits per heavy atom. The summed E-state index contributed by atoms with van der Waals surface area (Å²) in [7, 11) is 0. The summed E-state index contributed by atoms with van der Waals surface area (Å²) < 4.78 is 1.94. The molecule has 37 heavy (non-hydrogen) atoms. The first kappa shape index (κ1) is 22.0. The molecule has 2 aromatic heterocycles. The summed E-state index contributed by atoms with van der Waals surface area (Å²) in [5.74, 6) is 2.21. The number of aliphatic imine (C=N–C) groups is 2. The van der Waals surface area contributed by atoms with Crippen LogP contribution in [0.1, 0.15) is 22.2 Å². The zero-order chi connectivity index (χ0) is 24.9. The third-order valence-corrected chi connectivity index (χ3v) is 7.70. The van der Waals surface area contributed by atoms with E-state index in [-0.39, 0.29) is 6.04 Å². The Morgan fingerprint density at radius 3 is 2.54 bits per heavy atom. The molecule has 0 unspecified atom stereocenters. The van der Waals surface area contributed by atoms with Gasteiger partial charge in [0.1, 0.15) is 6.04 Å². The molecule has 3 aromatic carbocycles. The number of nitrogens with zero attached hydrogens (tertiary/aromatic N) is 5. The molecular weight excluding hydrogens is 500 g/mol. The van der Waals surface area contributed by atoms with Crippen LogP contribution in [0.4, 0.5) is 22.9 Å². The fourth-order valence-electron chi connectivity index (χ4n) is 4.97. The predicted octanol–water partition coefficient (Wildman–Crippen LogP) is 7.69. The van der Waals surface area contributed by atoms with Crippen LogP contribution in [0.2, 0.25) is 5.02 Å². The van der Waals surface area contributed by atoms with Gasteiger partial charge in [0.2, 0.25) is 0 Å². The molecule has 5 aromatic rings. The highest BCUT2D eigenvalue weighted by Crippen LogP contribution is 2.49. The van der Waals surface area contributed by atoms with Crippen molar-refractivity contribution >= 4 is 57.5 Å². The Hall–Kier alpha value is -4.20. The number of benzene rings is 3. The average Bonchev–Trinajstić information content (AvgIpc) is 3.57. The van der Waals surface area contributed by atoms with Gasteiger partial charge in [0.15, 0.2) is 17.5 Å². The molecule has 0 spiro atoms. The largest absolute Gasteiger partial charge is 0.337 e. The van der Waals surface area contributed by atoms with Crippen LogP contribution < -0.4 is 10.2 Å². The summed E-state index contributed by atoms with van der Waals surface area (Å²) in [6.07, 6.45) is 0. The lowest BCUT2D eigenvalue weighted by Gasteiger charge is -2.40. The Kier molecular flexibility index (Phi) is 5.20. The lowest BCUT2D eigenvalue weighted by molar-refractivity contribution is 0.830. The molecule has 180 valence electrons. The molecule has 6 nitrogen and oxygen atoms in total. The minimum Gasteiger partial charge on any atom is -0.337 e. The van der Waals surface area contributed by atoms with Crippen LogP contribution in [0, 0.1) is 6.92 Å². The number of anilines is 2. The van der Waals surface area contributed by atoms with Gasteiger partial charge >= 0.3 is 0 Å². The zero-order valence-corrected chi connectivity index (χ0v) is 21.4. The summed E-state index contributed by atoms with van der Waals surface area (Å²) in [4.78, 5) is 13.8. The quantitative estimate of drug-likeness (QED) is 0.265. The molecule has 0 amide bonds. The monoisotopic (exact) mass is 520 g/mol. The van der Waals surface area contributed by atoms with Gasteiger partial charge in [0.05, 0.1) is 22.8 Å². The second-order valence-electron chi connectivity index (χ2n) is 8.88. The summed E-state index contributed by atoms with van der Waals surface area (Å²) in [5, 5.41) is 11.2. The summed E-state index contributed by atoms with van der Waals surface area (Å²) >= 11 is 8.03. The molecule has 1 N–H and O–H groups in total. The van der Waals surface area contributed by atoms with Crippen LogP contribution in [0.15, 0.2) is 106 Å². The summed E-state index contributed by atoms with van der Waals surface area (Å²) in [5.41, 5.74) is 5.74. The maximum Gasteiger partial charge on any atom is 0.179 e. The van der Waals surface area contributed by atoms with E-state index in [1.165, 1.54) is 4.88 Å². The molecule has 0 bridgehead atoms. The number of halogens is 1. The lowest BCUT2D eigenvalue weighted by atomic mass is 9.98. The van der Waals surface area contributed by atoms with E-state index >= 15 is 0 Å². The maximum absolute atomic E-state index is 6.30. The number of amidine groups is 2. The predicted molar refractivity (Wildman–Crippen MR) is 153 cm³/mol. The molecule has 0 fully saturated rings. The second-order valence-corrected chi connectivity index (χ2v) is 10.3. The number of aromatic nitrogens is 2. The minimum atomic E-state index is -0.104. The van der Waals surface area contributed by atoms with E-state index in [0.717, 1.165) is 45.7 Å². The van der Waals surface area contributed by atoms with Crippen LogP contribution in [0.5, 0.6) is 0 Å². The standard InChI is InChI=1S/C29H21ClN6S/c1-18-25-26(24-15-8-16-37-24)35-23-14-6-5-13-22(23)32-27(31-20-10-7-9-19(30)17-20)29(35)33-28(25)36(34-18)21-11-3-2-4-12-21/h2-17,26H,1H3,(H,31,32)/t26-/m1/s1. The zero-order valence-electron chi connectivity index (χ0n) is 19.8. The van der Waals surface area contributed by atoms with Gasteiger partial charge in [-0.25, -0.2) is 14.7 Å². The van der Waals surface area contributed by atoms with Gasteiger partial charge < -0.3 is 10.2 Å². The van der Waals surface area contributed by atoms with Gasteiger partial charge in [-0.1, -0.05) is 54.1 Å². The van der Waals surface area contributed by atoms with Crippen molar-refractivity contribution in [3.8, 4) is 5.69 Å². The van der Waals surface area contributed by atoms with E-state index in [1.54, 1.807) is 11.3 Å². The van der Waals surface area contributed by atoms with E-state index < -0.39 is 0 Å². The first-order chi connectivity index (χ1) is 18.2. The normalized spacial score (nSPS) is 15.8. The van der Waals surface area contributed by atoms with Crippen molar-refractivity contribution in [2.45, 2.75) is 13.0 Å². The Labute approximate surface area is 223 Å². The second kappa shape index (κ2) is 8.73. The average molecular weight is 521 g/mol. The van der Waals surface area contributed by atoms with Crippen molar-refractivity contribution in [1.29, 1.82) is 0 Å². The number of hydrogen-bond acceptors (Lipinski definition) is 6. The van der Waals surface area contributed by atoms with Gasteiger partial charge in [0, 0.05) is 21.2 Å². The highest BCUT2D eigenvalue weighted by atomic mass is 35.5. The van der Waals surface area contributed by atoms with E-state index in [2.05, 4.69) is 52.9 Å². The molecule has 7 rings (SSSR count). The van der Waals surface area contributed by atoms with Gasteiger partial charge in [-0.2, -0.15) is 5.10 Å². The van der Waals surface area contributed by atoms with Gasteiger partial charge in [-0.3, -0.25) is 0 Å². The van der Waals surface area contributed by atoms with Crippen LogP contribution in [-0.2, 0) is 0 Å². The molecule has 2 aliphatic rings. The van der Waals surface area contributed by atoms with E-state index in [4.69, 9.17) is 26.7 Å². The molecule has 1 atom stereocenters. The number of thiophene rings is 1. The number of rotatable bonds is 3. The summed E-state index contributed by atoms with van der Waals surface area (Å²) in [6.45, 7) is 2.06. The van der Waals surface area contributed by atoms with Gasteiger partial charge in [0.25, 0.3) is 0 Å². The van der Waals surface area contributed by atoms with Crippen molar-refractivity contribution in [2.24, 2.45) is 9.98 Å². The third kappa shape index (κ3) is 3.66. The van der Waals surface area contributed by atoms with Crippen molar-refractivity contribution in [3.63, 3.8) is 0 Å². The van der Waals surface area contributed by atoms with E-state index in [9.17, 15) is 0 Å². The highest BCUT2D eigenvalue weighted by molar-refractivity contribution is 7.10. The van der Waals surface area contributed by atoms with Crippen LogP contribution in [0.25, 0.3) is 5.69 Å². The van der Waals surface area contributed by atoms with E-state index in [1.807, 2.05) is 65.3 Å². The Bertz CT molecular complexity index is 1690. The van der Waals surface area contributed by atoms with E-state index in [0.29, 0.717) is 10.9 Å². The van der Waals surface area contributed by atoms with Crippen molar-refractivity contribution in [1.82, 2.24) is 9.78 Å². The molecule has 8 heteroatoms. The van der Waals surface area contributed by atoms with Crippen LogP contribution >= 0.6 is 22.9 Å². The SMILES string of the molecule is Cc1nn(-c2ccccc2)c2c1[C@@H](c1cccs1)N1C(=N2)C(Nc2cccc(Cl)c2)=Nc2ccccc21. The van der Waals surface area contributed by atoms with Crippen LogP contribution in [-0.4, -0.2) is 21.5 Å². The fourth-order valence-corrected chi connectivity index (χ4v) is 5.98. The molecular formula is C29H21ClN6S. The summed E-state index contributed by atoms with van der Waals surface area (Å²) in [6, 6.07) is 30.1. The Morgan fingerprint density at radius 2 is 1.73 bits per heavy atom. The Balaban J connectivity index is 1.49. The van der Waals surface area contributed by atoms with Gasteiger partial charge in [-0.05, 0) is 60.8 Å². The molecule has 0 saturated heterocycles. The first-order valence-electron chi connectivity index (χ1n) is 11.9. The molecule has 2 aliphatic heterocycles. The van der Waals surface area contributed by atoms with Crippen molar-refractivity contribution in [2.75, 3.05) is 10.2 Å². The minimum absolute atomic E-state index is 0.104. The number of nitrogens with one attached hydrogen (secondary N) is 1.